The number of rotatable bonds is 5. The molecule has 8 rings (SSSR count). The Hall–Kier alpha value is -6.37. The van der Waals surface area contributed by atoms with Crippen LogP contribution in [0, 0.1) is 11.3 Å². The van der Waals surface area contributed by atoms with Crippen LogP contribution in [0.1, 0.15) is 5.56 Å². The molecular formula is C43H27N3. The Labute approximate surface area is 267 Å². The predicted molar refractivity (Wildman–Crippen MR) is 189 cm³/mol. The molecule has 0 unspecified atom stereocenters. The molecule has 0 spiro atoms. The largest absolute Gasteiger partial charge is 0.228 e. The van der Waals surface area contributed by atoms with Gasteiger partial charge in [-0.25, -0.2) is 9.97 Å². The molecule has 0 aliphatic carbocycles. The summed E-state index contributed by atoms with van der Waals surface area (Å²) in [6, 6.07) is 58.7. The lowest BCUT2D eigenvalue weighted by atomic mass is 9.93. The fourth-order valence-electron chi connectivity index (χ4n) is 6.17. The molecule has 214 valence electrons. The van der Waals surface area contributed by atoms with Gasteiger partial charge in [-0.3, -0.25) is 0 Å². The number of benzene rings is 7. The molecule has 46 heavy (non-hydrogen) atoms. The molecule has 0 atom stereocenters. The van der Waals surface area contributed by atoms with Crippen LogP contribution in [0.3, 0.4) is 0 Å². The van der Waals surface area contributed by atoms with E-state index in [4.69, 9.17) is 9.97 Å². The monoisotopic (exact) mass is 585 g/mol. The first kappa shape index (κ1) is 27.2. The summed E-state index contributed by atoms with van der Waals surface area (Å²) in [7, 11) is 0. The van der Waals surface area contributed by atoms with Crippen molar-refractivity contribution in [1.29, 1.82) is 5.26 Å². The van der Waals surface area contributed by atoms with Crippen molar-refractivity contribution in [3.05, 3.63) is 169 Å². The van der Waals surface area contributed by atoms with Gasteiger partial charge in [0.2, 0.25) is 0 Å². The summed E-state index contributed by atoms with van der Waals surface area (Å²) in [5, 5.41) is 13.9. The van der Waals surface area contributed by atoms with Crippen LogP contribution in [0.5, 0.6) is 0 Å². The van der Waals surface area contributed by atoms with Crippen molar-refractivity contribution in [2.45, 2.75) is 0 Å². The molecule has 0 saturated heterocycles. The van der Waals surface area contributed by atoms with Crippen molar-refractivity contribution in [2.24, 2.45) is 0 Å². The maximum absolute atomic E-state index is 9.51. The van der Waals surface area contributed by atoms with Gasteiger partial charge in [0.05, 0.1) is 23.0 Å². The first-order chi connectivity index (χ1) is 22.7. The molecule has 3 heteroatoms. The van der Waals surface area contributed by atoms with Crippen molar-refractivity contribution < 1.29 is 0 Å². The number of hydrogen-bond donors (Lipinski definition) is 0. The highest BCUT2D eigenvalue weighted by Gasteiger charge is 2.12. The van der Waals surface area contributed by atoms with E-state index in [1.807, 2.05) is 60.7 Å². The zero-order chi connectivity index (χ0) is 30.9. The average molecular weight is 586 g/mol. The van der Waals surface area contributed by atoms with Crippen molar-refractivity contribution in [2.75, 3.05) is 0 Å². The summed E-state index contributed by atoms with van der Waals surface area (Å²) in [5.41, 5.74) is 10.2. The summed E-state index contributed by atoms with van der Waals surface area (Å²) in [5.74, 6) is 0.711. The molecule has 0 amide bonds. The van der Waals surface area contributed by atoms with Gasteiger partial charge < -0.3 is 0 Å². The van der Waals surface area contributed by atoms with Gasteiger partial charge in [-0.1, -0.05) is 140 Å². The number of nitriles is 1. The van der Waals surface area contributed by atoms with E-state index in [1.54, 1.807) is 0 Å². The topological polar surface area (TPSA) is 49.6 Å². The van der Waals surface area contributed by atoms with Crippen LogP contribution in [0.15, 0.2) is 164 Å². The number of fused-ring (bicyclic) bond motifs is 2. The third kappa shape index (κ3) is 5.09. The van der Waals surface area contributed by atoms with E-state index >= 15 is 0 Å². The second-order valence-electron chi connectivity index (χ2n) is 11.4. The van der Waals surface area contributed by atoms with E-state index in [0.29, 0.717) is 11.4 Å². The van der Waals surface area contributed by atoms with Crippen molar-refractivity contribution in [3.63, 3.8) is 0 Å². The van der Waals surface area contributed by atoms with Gasteiger partial charge in [0.1, 0.15) is 0 Å². The van der Waals surface area contributed by atoms with E-state index < -0.39 is 0 Å². The molecule has 0 aliphatic rings. The minimum Gasteiger partial charge on any atom is -0.228 e. The molecule has 3 nitrogen and oxygen atoms in total. The Kier molecular flexibility index (Phi) is 6.87. The van der Waals surface area contributed by atoms with Gasteiger partial charge >= 0.3 is 0 Å². The van der Waals surface area contributed by atoms with Crippen molar-refractivity contribution >= 4 is 21.5 Å². The molecular weight excluding hydrogens is 558 g/mol. The van der Waals surface area contributed by atoms with Crippen LogP contribution in [-0.2, 0) is 0 Å². The van der Waals surface area contributed by atoms with Crippen molar-refractivity contribution in [1.82, 2.24) is 9.97 Å². The number of hydrogen-bond acceptors (Lipinski definition) is 3. The first-order valence-electron chi connectivity index (χ1n) is 15.3. The average Bonchev–Trinajstić information content (AvgIpc) is 3.14. The van der Waals surface area contributed by atoms with E-state index in [2.05, 4.69) is 109 Å². The fourth-order valence-corrected chi connectivity index (χ4v) is 6.17. The predicted octanol–water partition coefficient (Wildman–Crippen LogP) is 11.0. The molecule has 7 aromatic carbocycles. The quantitative estimate of drug-likeness (QED) is 0.202. The lowest BCUT2D eigenvalue weighted by molar-refractivity contribution is 1.18. The fraction of sp³-hybridized carbons (Fsp3) is 0. The second-order valence-corrected chi connectivity index (χ2v) is 11.4. The van der Waals surface area contributed by atoms with E-state index in [-0.39, 0.29) is 0 Å². The maximum Gasteiger partial charge on any atom is 0.160 e. The van der Waals surface area contributed by atoms with Gasteiger partial charge in [0.25, 0.3) is 0 Å². The lowest BCUT2D eigenvalue weighted by Gasteiger charge is -2.12. The molecule has 1 aromatic heterocycles. The van der Waals surface area contributed by atoms with Gasteiger partial charge in [-0.15, -0.1) is 0 Å². The van der Waals surface area contributed by atoms with Crippen LogP contribution in [-0.4, -0.2) is 9.97 Å². The highest BCUT2D eigenvalue weighted by atomic mass is 14.9. The zero-order valence-corrected chi connectivity index (χ0v) is 24.9. The van der Waals surface area contributed by atoms with Gasteiger partial charge in [0.15, 0.2) is 5.82 Å². The standard InChI is InChI=1S/C43H27N3/c44-28-37-15-7-13-34-26-36(22-23-38(34)37)39-16-8-14-35-25-33(21-24-40(35)39)29-17-19-31(20-18-29)42-27-41(30-9-3-1-4-10-30)45-43(46-42)32-11-5-2-6-12-32/h1-27H. The van der Waals surface area contributed by atoms with E-state index in [0.717, 1.165) is 55.5 Å². The lowest BCUT2D eigenvalue weighted by Crippen LogP contribution is -1.95. The molecule has 8 aromatic rings. The molecule has 0 saturated carbocycles. The highest BCUT2D eigenvalue weighted by molar-refractivity contribution is 6.01. The molecule has 0 fully saturated rings. The zero-order valence-electron chi connectivity index (χ0n) is 24.9. The Bertz CT molecular complexity index is 2350. The second kappa shape index (κ2) is 11.6. The SMILES string of the molecule is N#Cc1cccc2cc(-c3cccc4cc(-c5ccc(-c6cc(-c7ccccc7)nc(-c7ccccc7)n6)cc5)ccc34)ccc12. The van der Waals surface area contributed by atoms with Crippen LogP contribution >= 0.6 is 0 Å². The summed E-state index contributed by atoms with van der Waals surface area (Å²) >= 11 is 0. The Balaban J connectivity index is 1.14. The maximum atomic E-state index is 9.51. The van der Waals surface area contributed by atoms with Crippen LogP contribution in [0.2, 0.25) is 0 Å². The third-order valence-electron chi connectivity index (χ3n) is 8.53. The van der Waals surface area contributed by atoms with E-state index in [1.165, 1.54) is 16.3 Å². The summed E-state index contributed by atoms with van der Waals surface area (Å²) in [6.45, 7) is 0. The number of aromatic nitrogens is 2. The number of nitrogens with zero attached hydrogens (tertiary/aromatic N) is 3. The highest BCUT2D eigenvalue weighted by Crippen LogP contribution is 2.35. The first-order valence-corrected chi connectivity index (χ1v) is 15.3. The summed E-state index contributed by atoms with van der Waals surface area (Å²) < 4.78 is 0. The summed E-state index contributed by atoms with van der Waals surface area (Å²) in [4.78, 5) is 9.90. The molecule has 0 aliphatic heterocycles. The molecule has 0 bridgehead atoms. The molecule has 0 N–H and O–H groups in total. The molecule has 0 radical (unpaired) electrons. The van der Waals surface area contributed by atoms with Gasteiger partial charge in [0, 0.05) is 16.7 Å². The van der Waals surface area contributed by atoms with Gasteiger partial charge in [-0.2, -0.15) is 5.26 Å². The Morgan fingerprint density at radius 1 is 0.391 bits per heavy atom. The summed E-state index contributed by atoms with van der Waals surface area (Å²) in [6.07, 6.45) is 0. The van der Waals surface area contributed by atoms with Crippen molar-refractivity contribution in [3.8, 4) is 62.2 Å². The Morgan fingerprint density at radius 3 is 1.65 bits per heavy atom. The third-order valence-corrected chi connectivity index (χ3v) is 8.53. The van der Waals surface area contributed by atoms with Crippen LogP contribution in [0.25, 0.3) is 77.7 Å². The smallest absolute Gasteiger partial charge is 0.160 e. The van der Waals surface area contributed by atoms with E-state index in [9.17, 15) is 5.26 Å². The van der Waals surface area contributed by atoms with Crippen LogP contribution in [0.4, 0.5) is 0 Å². The van der Waals surface area contributed by atoms with Crippen LogP contribution < -0.4 is 0 Å². The Morgan fingerprint density at radius 2 is 0.935 bits per heavy atom. The minimum absolute atomic E-state index is 0.700. The van der Waals surface area contributed by atoms with Gasteiger partial charge in [-0.05, 0) is 68.1 Å². The minimum atomic E-state index is 0.700. The molecule has 1 heterocycles. The normalized spacial score (nSPS) is 11.0.